The maximum absolute atomic E-state index is 12.0. The highest BCUT2D eigenvalue weighted by molar-refractivity contribution is 6.30. The van der Waals surface area contributed by atoms with E-state index in [1.807, 2.05) is 42.6 Å². The second kappa shape index (κ2) is 11.1. The Kier molecular flexibility index (Phi) is 7.16. The Hall–Kier alpha value is -3.81. The van der Waals surface area contributed by atoms with Crippen molar-refractivity contribution in [2.75, 3.05) is 37.6 Å². The maximum Gasteiger partial charge on any atom is 0.339 e. The first-order valence-electron chi connectivity index (χ1n) is 14.9. The van der Waals surface area contributed by atoms with E-state index in [9.17, 15) is 9.90 Å². The zero-order chi connectivity index (χ0) is 28.7. The number of aromatic carboxylic acids is 1. The Morgan fingerprint density at radius 1 is 1.02 bits per heavy atom. The van der Waals surface area contributed by atoms with Gasteiger partial charge < -0.3 is 19.7 Å². The molecule has 0 unspecified atom stereocenters. The number of rotatable bonds is 7. The van der Waals surface area contributed by atoms with E-state index < -0.39 is 5.97 Å². The van der Waals surface area contributed by atoms with Crippen molar-refractivity contribution in [3.8, 4) is 11.5 Å². The molecule has 1 spiro atoms. The summed E-state index contributed by atoms with van der Waals surface area (Å²) in [6, 6.07) is 17.6. The van der Waals surface area contributed by atoms with Gasteiger partial charge in [0.2, 0.25) is 0 Å². The molecule has 3 heterocycles. The predicted molar refractivity (Wildman–Crippen MR) is 167 cm³/mol. The number of carboxylic acid groups (broad SMARTS) is 1. The first-order valence-corrected chi connectivity index (χ1v) is 15.3. The number of fused-ring (bicyclic) bond motifs is 1. The molecule has 7 nitrogen and oxygen atoms in total. The highest BCUT2D eigenvalue weighted by Crippen LogP contribution is 2.55. The number of halogens is 1. The summed E-state index contributed by atoms with van der Waals surface area (Å²) in [5, 5.41) is 11.5. The van der Waals surface area contributed by atoms with Gasteiger partial charge >= 0.3 is 5.97 Å². The molecule has 2 aliphatic carbocycles. The van der Waals surface area contributed by atoms with Crippen molar-refractivity contribution < 1.29 is 14.6 Å². The molecule has 7 rings (SSSR count). The van der Waals surface area contributed by atoms with Crippen LogP contribution in [-0.4, -0.2) is 58.7 Å². The third kappa shape index (κ3) is 5.39. The van der Waals surface area contributed by atoms with Gasteiger partial charge in [0.05, 0.1) is 6.20 Å². The molecule has 2 aromatic carbocycles. The number of piperazine rings is 1. The van der Waals surface area contributed by atoms with Gasteiger partial charge in [-0.2, -0.15) is 0 Å². The molecule has 3 aliphatic rings. The summed E-state index contributed by atoms with van der Waals surface area (Å²) < 4.78 is 6.08. The molecule has 0 bridgehead atoms. The number of anilines is 1. The first kappa shape index (κ1) is 27.0. The van der Waals surface area contributed by atoms with Crippen LogP contribution < -0.4 is 9.64 Å². The summed E-state index contributed by atoms with van der Waals surface area (Å²) in [6.07, 6.45) is 11.2. The molecule has 4 aromatic rings. The summed E-state index contributed by atoms with van der Waals surface area (Å²) in [7, 11) is 0. The quantitative estimate of drug-likeness (QED) is 0.233. The lowest BCUT2D eigenvalue weighted by Gasteiger charge is -2.47. The van der Waals surface area contributed by atoms with Crippen LogP contribution in [0.3, 0.4) is 0 Å². The van der Waals surface area contributed by atoms with Crippen LogP contribution in [0.2, 0.25) is 5.02 Å². The summed E-state index contributed by atoms with van der Waals surface area (Å²) in [5.41, 5.74) is 6.83. The SMILES string of the molecule is O=C(O)c1ccc(N2CCN(CC3=C(c4ccc(Cl)cc4)CC4(CCC4)CC3)CC2)cc1Oc1cnc2[nH]ccc2c1. The van der Waals surface area contributed by atoms with Crippen molar-refractivity contribution in [1.29, 1.82) is 0 Å². The van der Waals surface area contributed by atoms with Gasteiger partial charge in [0.1, 0.15) is 22.7 Å². The smallest absolute Gasteiger partial charge is 0.339 e. The Morgan fingerprint density at radius 3 is 2.57 bits per heavy atom. The topological polar surface area (TPSA) is 81.7 Å². The van der Waals surface area contributed by atoms with E-state index in [-0.39, 0.29) is 5.56 Å². The third-order valence-electron chi connectivity index (χ3n) is 9.49. The molecule has 1 saturated carbocycles. The predicted octanol–water partition coefficient (Wildman–Crippen LogP) is 7.64. The zero-order valence-electron chi connectivity index (χ0n) is 23.6. The highest BCUT2D eigenvalue weighted by atomic mass is 35.5. The number of aromatic nitrogens is 2. The maximum atomic E-state index is 12.0. The van der Waals surface area contributed by atoms with Crippen LogP contribution in [-0.2, 0) is 0 Å². The zero-order valence-corrected chi connectivity index (χ0v) is 24.4. The molecule has 0 amide bonds. The van der Waals surface area contributed by atoms with Crippen molar-refractivity contribution in [2.24, 2.45) is 5.41 Å². The van der Waals surface area contributed by atoms with Crippen LogP contribution in [0.15, 0.2) is 72.6 Å². The summed E-state index contributed by atoms with van der Waals surface area (Å²) in [4.78, 5) is 24.3. The molecule has 216 valence electrons. The van der Waals surface area contributed by atoms with Crippen LogP contribution in [0.25, 0.3) is 16.6 Å². The first-order chi connectivity index (χ1) is 20.4. The van der Waals surface area contributed by atoms with Crippen LogP contribution in [0, 0.1) is 5.41 Å². The summed E-state index contributed by atoms with van der Waals surface area (Å²) in [5.74, 6) is -0.186. The lowest BCUT2D eigenvalue weighted by molar-refractivity contribution is 0.0694. The standard InChI is InChI=1S/C34H35ClN4O3/c35-26-4-2-23(3-5-26)30-20-34(10-1-11-34)12-8-25(30)22-38-14-16-39(17-15-38)27-6-7-29(33(40)41)31(19-27)42-28-18-24-9-13-36-32(24)37-21-28/h2-7,9,13,18-19,21H,1,8,10-12,14-17,20,22H2,(H,36,37)(H,40,41). The number of carboxylic acids is 1. The van der Waals surface area contributed by atoms with E-state index in [0.717, 1.165) is 54.5 Å². The Labute approximate surface area is 250 Å². The number of hydrogen-bond acceptors (Lipinski definition) is 5. The lowest BCUT2D eigenvalue weighted by Crippen LogP contribution is -2.47. The van der Waals surface area contributed by atoms with Gasteiger partial charge in [-0.05, 0) is 85.1 Å². The third-order valence-corrected chi connectivity index (χ3v) is 9.74. The Morgan fingerprint density at radius 2 is 1.83 bits per heavy atom. The normalized spacial score (nSPS) is 18.8. The molecule has 2 N–H and O–H groups in total. The number of aromatic amines is 1. The van der Waals surface area contributed by atoms with Crippen molar-refractivity contribution in [1.82, 2.24) is 14.9 Å². The van der Waals surface area contributed by atoms with Gasteiger partial charge in [0, 0.05) is 61.1 Å². The molecular formula is C34H35ClN4O3. The minimum absolute atomic E-state index is 0.134. The van der Waals surface area contributed by atoms with Crippen LogP contribution in [0.1, 0.15) is 54.4 Å². The Balaban J connectivity index is 1.06. The minimum Gasteiger partial charge on any atom is -0.478 e. The van der Waals surface area contributed by atoms with E-state index >= 15 is 0 Å². The number of carbonyl (C=O) groups is 1. The molecular weight excluding hydrogens is 548 g/mol. The number of ether oxygens (including phenoxy) is 1. The Bertz CT molecular complexity index is 1650. The van der Waals surface area contributed by atoms with E-state index in [1.54, 1.807) is 23.4 Å². The van der Waals surface area contributed by atoms with Crippen LogP contribution in [0.4, 0.5) is 5.69 Å². The molecule has 1 saturated heterocycles. The molecule has 2 fully saturated rings. The molecule has 2 aromatic heterocycles. The van der Waals surface area contributed by atoms with Gasteiger partial charge in [-0.25, -0.2) is 9.78 Å². The highest BCUT2D eigenvalue weighted by Gasteiger charge is 2.40. The fourth-order valence-electron chi connectivity index (χ4n) is 6.90. The molecule has 8 heteroatoms. The van der Waals surface area contributed by atoms with E-state index in [2.05, 4.69) is 31.9 Å². The summed E-state index contributed by atoms with van der Waals surface area (Å²) in [6.45, 7) is 4.65. The average molecular weight is 583 g/mol. The minimum atomic E-state index is -1.02. The molecule has 0 radical (unpaired) electrons. The van der Waals surface area contributed by atoms with Crippen molar-refractivity contribution in [3.05, 3.63) is 88.7 Å². The van der Waals surface area contributed by atoms with Gasteiger partial charge in [0.15, 0.2) is 0 Å². The molecule has 42 heavy (non-hydrogen) atoms. The largest absolute Gasteiger partial charge is 0.478 e. The van der Waals surface area contributed by atoms with Gasteiger partial charge in [-0.3, -0.25) is 4.90 Å². The number of H-pyrrole nitrogens is 1. The number of hydrogen-bond donors (Lipinski definition) is 2. The van der Waals surface area contributed by atoms with Crippen molar-refractivity contribution in [2.45, 2.75) is 38.5 Å². The number of allylic oxidation sites excluding steroid dienone is 1. The van der Waals surface area contributed by atoms with E-state index in [4.69, 9.17) is 16.3 Å². The van der Waals surface area contributed by atoms with Gasteiger partial charge in [-0.15, -0.1) is 0 Å². The second-order valence-corrected chi connectivity index (χ2v) is 12.5. The number of nitrogens with one attached hydrogen (secondary N) is 1. The fraction of sp³-hybridized carbons (Fsp3) is 0.353. The number of pyridine rings is 1. The fourth-order valence-corrected chi connectivity index (χ4v) is 7.02. The van der Waals surface area contributed by atoms with Gasteiger partial charge in [0.25, 0.3) is 0 Å². The van der Waals surface area contributed by atoms with Crippen LogP contribution >= 0.6 is 11.6 Å². The number of nitrogens with zero attached hydrogens (tertiary/aromatic N) is 3. The lowest BCUT2D eigenvalue weighted by atomic mass is 9.59. The average Bonchev–Trinajstić information content (AvgIpc) is 3.45. The number of benzene rings is 2. The van der Waals surface area contributed by atoms with Gasteiger partial charge in [-0.1, -0.05) is 35.7 Å². The van der Waals surface area contributed by atoms with E-state index in [0.29, 0.717) is 16.9 Å². The summed E-state index contributed by atoms with van der Waals surface area (Å²) >= 11 is 6.22. The van der Waals surface area contributed by atoms with E-state index in [1.165, 1.54) is 44.1 Å². The molecule has 1 aliphatic heterocycles. The molecule has 0 atom stereocenters. The van der Waals surface area contributed by atoms with Crippen LogP contribution in [0.5, 0.6) is 11.5 Å². The van der Waals surface area contributed by atoms with Crippen molar-refractivity contribution in [3.63, 3.8) is 0 Å². The monoisotopic (exact) mass is 582 g/mol. The van der Waals surface area contributed by atoms with Crippen molar-refractivity contribution >= 4 is 39.9 Å². The second-order valence-electron chi connectivity index (χ2n) is 12.1.